The SMILES string of the molecule is N#C/C(=C\c1ccc(N(c2ccc(N(c3cccc(-c4ccccc4)c3)c3cccc(-c4ccccc4)c3)cc2)c2ccc(N(c3cccc(-c4ccccc4)c3)c3cccc(-c4ccccc4)c3)cc2)cc1)C(=O)O. The summed E-state index contributed by atoms with van der Waals surface area (Å²) in [6, 6.07) is 103. The summed E-state index contributed by atoms with van der Waals surface area (Å²) in [4.78, 5) is 18.6. The number of rotatable bonds is 15. The van der Waals surface area contributed by atoms with E-state index in [1.165, 1.54) is 6.08 Å². The monoisotopic (exact) mass is 978 g/mol. The number of hydrogen-bond donors (Lipinski definition) is 1. The van der Waals surface area contributed by atoms with Gasteiger partial charge in [0.1, 0.15) is 11.6 Å². The van der Waals surface area contributed by atoms with Crippen LogP contribution in [0.5, 0.6) is 0 Å². The summed E-state index contributed by atoms with van der Waals surface area (Å²) >= 11 is 0. The van der Waals surface area contributed by atoms with Gasteiger partial charge in [0.05, 0.1) is 0 Å². The van der Waals surface area contributed by atoms with Crippen LogP contribution < -0.4 is 14.7 Å². The molecule has 0 aliphatic rings. The van der Waals surface area contributed by atoms with Gasteiger partial charge >= 0.3 is 5.97 Å². The molecule has 11 rings (SSSR count). The number of carboxylic acid groups (broad SMARTS) is 1. The lowest BCUT2D eigenvalue weighted by molar-refractivity contribution is -0.132. The number of benzene rings is 11. The molecule has 0 unspecified atom stereocenters. The second-order valence-corrected chi connectivity index (χ2v) is 18.3. The van der Waals surface area contributed by atoms with Crippen LogP contribution in [0.4, 0.5) is 51.2 Å². The van der Waals surface area contributed by atoms with Gasteiger partial charge in [-0.2, -0.15) is 5.26 Å². The summed E-state index contributed by atoms with van der Waals surface area (Å²) in [6.45, 7) is 0. The van der Waals surface area contributed by atoms with Gasteiger partial charge in [0.2, 0.25) is 0 Å². The quantitative estimate of drug-likeness (QED) is 0.0815. The van der Waals surface area contributed by atoms with E-state index >= 15 is 0 Å². The lowest BCUT2D eigenvalue weighted by Crippen LogP contribution is -2.13. The van der Waals surface area contributed by atoms with Crippen LogP contribution >= 0.6 is 0 Å². The van der Waals surface area contributed by atoms with Crippen LogP contribution in [0.15, 0.2) is 297 Å². The Labute approximate surface area is 443 Å². The van der Waals surface area contributed by atoms with Crippen molar-refractivity contribution in [3.05, 3.63) is 302 Å². The predicted octanol–water partition coefficient (Wildman–Crippen LogP) is 18.8. The van der Waals surface area contributed by atoms with E-state index in [1.807, 2.05) is 48.5 Å². The first-order valence-corrected chi connectivity index (χ1v) is 25.1. The van der Waals surface area contributed by atoms with Gasteiger partial charge in [-0.15, -0.1) is 0 Å². The number of aliphatic carboxylic acids is 1. The van der Waals surface area contributed by atoms with Gasteiger partial charge in [-0.05, 0) is 165 Å². The molecule has 11 aromatic rings. The second kappa shape index (κ2) is 22.1. The highest BCUT2D eigenvalue weighted by atomic mass is 16.4. The third-order valence-corrected chi connectivity index (χ3v) is 13.4. The van der Waals surface area contributed by atoms with Gasteiger partial charge < -0.3 is 19.8 Å². The molecule has 6 heteroatoms. The van der Waals surface area contributed by atoms with Crippen LogP contribution in [0.1, 0.15) is 5.56 Å². The Bertz CT molecular complexity index is 3460. The van der Waals surface area contributed by atoms with Crippen molar-refractivity contribution in [2.24, 2.45) is 0 Å². The molecule has 362 valence electrons. The third kappa shape index (κ3) is 10.5. The molecule has 0 spiro atoms. The van der Waals surface area contributed by atoms with E-state index in [-0.39, 0.29) is 5.57 Å². The number of nitrogens with zero attached hydrogens (tertiary/aromatic N) is 4. The first-order chi connectivity index (χ1) is 37.5. The van der Waals surface area contributed by atoms with Gasteiger partial charge in [0.15, 0.2) is 0 Å². The maximum atomic E-state index is 11.8. The normalized spacial score (nSPS) is 11.1. The summed E-state index contributed by atoms with van der Waals surface area (Å²) in [5.41, 5.74) is 17.9. The Hall–Kier alpha value is -10.5. The molecule has 6 nitrogen and oxygen atoms in total. The lowest BCUT2D eigenvalue weighted by Gasteiger charge is -2.30. The summed E-state index contributed by atoms with van der Waals surface area (Å²) in [6.07, 6.45) is 1.39. The minimum Gasteiger partial charge on any atom is -0.477 e. The molecule has 0 heterocycles. The summed E-state index contributed by atoms with van der Waals surface area (Å²) in [5, 5.41) is 19.2. The van der Waals surface area contributed by atoms with Gasteiger partial charge in [-0.3, -0.25) is 0 Å². The molecule has 0 aromatic heterocycles. The standard InChI is InChI=1S/C70H50N4O2/c71-50-60(70(75)76)45-51-33-35-61(36-34-51)72(62-37-41-64(42-38-62)73(66-29-13-25-56(46-66)52-17-5-1-6-18-52)67-30-14-26-57(47-67)53-19-7-2-8-20-53)63-39-43-65(44-40-63)74(68-31-15-27-58(48-68)54-21-9-3-10-22-54)69-32-16-28-59(49-69)55-23-11-4-12-24-55/h1-49H,(H,75,76)/b60-45+. The zero-order valence-electron chi connectivity index (χ0n) is 41.4. The maximum absolute atomic E-state index is 11.8. The molecule has 1 N–H and O–H groups in total. The van der Waals surface area contributed by atoms with Crippen molar-refractivity contribution in [2.75, 3.05) is 14.7 Å². The highest BCUT2D eigenvalue weighted by molar-refractivity contribution is 5.96. The van der Waals surface area contributed by atoms with E-state index in [9.17, 15) is 15.2 Å². The zero-order valence-corrected chi connectivity index (χ0v) is 41.4. The smallest absolute Gasteiger partial charge is 0.346 e. The topological polar surface area (TPSA) is 70.8 Å². The number of nitriles is 1. The maximum Gasteiger partial charge on any atom is 0.346 e. The molecule has 0 saturated carbocycles. The Morgan fingerprint density at radius 2 is 0.539 bits per heavy atom. The first kappa shape index (κ1) is 47.8. The largest absolute Gasteiger partial charge is 0.477 e. The predicted molar refractivity (Wildman–Crippen MR) is 313 cm³/mol. The average Bonchev–Trinajstić information content (AvgIpc) is 3.50. The molecule has 0 fully saturated rings. The summed E-state index contributed by atoms with van der Waals surface area (Å²) in [5.74, 6) is -1.27. The van der Waals surface area contributed by atoms with Gasteiger partial charge in [0.25, 0.3) is 0 Å². The van der Waals surface area contributed by atoms with E-state index < -0.39 is 5.97 Å². The molecule has 0 radical (unpaired) electrons. The number of hydrogen-bond acceptors (Lipinski definition) is 5. The molecule has 11 aromatic carbocycles. The number of carbonyl (C=O) groups is 1. The van der Waals surface area contributed by atoms with Crippen LogP contribution in [-0.2, 0) is 4.79 Å². The van der Waals surface area contributed by atoms with E-state index in [4.69, 9.17) is 0 Å². The lowest BCUT2D eigenvalue weighted by atomic mass is 10.0. The fraction of sp³-hybridized carbons (Fsp3) is 0. The summed E-state index contributed by atoms with van der Waals surface area (Å²) in [7, 11) is 0. The van der Waals surface area contributed by atoms with E-state index in [1.54, 1.807) is 6.07 Å². The third-order valence-electron chi connectivity index (χ3n) is 13.4. The Kier molecular flexibility index (Phi) is 13.9. The second-order valence-electron chi connectivity index (χ2n) is 18.3. The molecular formula is C70H50N4O2. The Balaban J connectivity index is 1.02. The minimum atomic E-state index is -1.27. The van der Waals surface area contributed by atoms with Crippen molar-refractivity contribution in [1.82, 2.24) is 0 Å². The molecule has 0 aliphatic heterocycles. The molecular weight excluding hydrogens is 929 g/mol. The van der Waals surface area contributed by atoms with Gasteiger partial charge in [-0.25, -0.2) is 4.79 Å². The highest BCUT2D eigenvalue weighted by Crippen LogP contribution is 2.44. The number of anilines is 9. The molecule has 0 atom stereocenters. The molecule has 0 amide bonds. The van der Waals surface area contributed by atoms with Crippen LogP contribution in [0.3, 0.4) is 0 Å². The fourth-order valence-electron chi connectivity index (χ4n) is 9.69. The Morgan fingerprint density at radius 1 is 0.303 bits per heavy atom. The van der Waals surface area contributed by atoms with Gasteiger partial charge in [0, 0.05) is 51.2 Å². The van der Waals surface area contributed by atoms with Crippen LogP contribution in [-0.4, -0.2) is 11.1 Å². The van der Waals surface area contributed by atoms with Crippen LogP contribution in [0, 0.1) is 11.3 Å². The number of carboxylic acids is 1. The van der Waals surface area contributed by atoms with Crippen molar-refractivity contribution < 1.29 is 9.90 Å². The van der Waals surface area contributed by atoms with Gasteiger partial charge in [-0.1, -0.05) is 182 Å². The molecule has 76 heavy (non-hydrogen) atoms. The molecule has 0 bridgehead atoms. The zero-order chi connectivity index (χ0) is 51.6. The van der Waals surface area contributed by atoms with Crippen molar-refractivity contribution >= 4 is 63.2 Å². The van der Waals surface area contributed by atoms with E-state index in [2.05, 4.69) is 257 Å². The van der Waals surface area contributed by atoms with Crippen molar-refractivity contribution in [1.29, 1.82) is 5.26 Å². The van der Waals surface area contributed by atoms with Crippen molar-refractivity contribution in [3.8, 4) is 50.6 Å². The van der Waals surface area contributed by atoms with E-state index in [0.717, 1.165) is 95.7 Å². The van der Waals surface area contributed by atoms with Crippen molar-refractivity contribution in [3.63, 3.8) is 0 Å². The summed E-state index contributed by atoms with van der Waals surface area (Å²) < 4.78 is 0. The fourth-order valence-corrected chi connectivity index (χ4v) is 9.69. The Morgan fingerprint density at radius 3 is 0.789 bits per heavy atom. The molecule has 0 saturated heterocycles. The average molecular weight is 979 g/mol. The van der Waals surface area contributed by atoms with Crippen LogP contribution in [0.2, 0.25) is 0 Å². The van der Waals surface area contributed by atoms with E-state index in [0.29, 0.717) is 5.56 Å². The van der Waals surface area contributed by atoms with Crippen molar-refractivity contribution in [2.45, 2.75) is 0 Å². The first-order valence-electron chi connectivity index (χ1n) is 25.1. The highest BCUT2D eigenvalue weighted by Gasteiger charge is 2.20. The van der Waals surface area contributed by atoms with Crippen LogP contribution in [0.25, 0.3) is 50.6 Å². The molecule has 0 aliphatic carbocycles. The minimum absolute atomic E-state index is 0.336.